The topological polar surface area (TPSA) is 113 Å². The lowest BCUT2D eigenvalue weighted by atomic mass is 9.33. The summed E-state index contributed by atoms with van der Waals surface area (Å²) in [5.74, 6) is -1.13. The van der Waals surface area contributed by atoms with Crippen LogP contribution in [0.3, 0.4) is 0 Å². The number of carboxylic acids is 1. The Balaban J connectivity index is 1.21. The molecule has 7 rings (SSSR count). The number of carbonyl (C=O) groups is 4. The van der Waals surface area contributed by atoms with Crippen molar-refractivity contribution in [2.45, 2.75) is 152 Å². The highest BCUT2D eigenvalue weighted by molar-refractivity contribution is 6.01. The van der Waals surface area contributed by atoms with Crippen LogP contribution >= 0.6 is 0 Å². The molecule has 1 aromatic rings. The summed E-state index contributed by atoms with van der Waals surface area (Å²) in [7, 11) is 4.10. The zero-order chi connectivity index (χ0) is 44.0. The number of rotatable bonds is 14. The van der Waals surface area contributed by atoms with Gasteiger partial charge < -0.3 is 19.5 Å². The molecule has 2 unspecified atom stereocenters. The van der Waals surface area contributed by atoms with Gasteiger partial charge in [-0.1, -0.05) is 53.7 Å². The smallest absolute Gasteiger partial charge is 0.309 e. The lowest BCUT2D eigenvalue weighted by Gasteiger charge is -2.71. The van der Waals surface area contributed by atoms with Crippen molar-refractivity contribution in [3.8, 4) is 0 Å². The fourth-order valence-electron chi connectivity index (χ4n) is 14.9. The van der Waals surface area contributed by atoms with Crippen LogP contribution in [0.15, 0.2) is 35.4 Å². The van der Waals surface area contributed by atoms with Gasteiger partial charge in [-0.25, -0.2) is 4.39 Å². The minimum atomic E-state index is -1.18. The third kappa shape index (κ3) is 6.91. The van der Waals surface area contributed by atoms with Crippen molar-refractivity contribution in [1.29, 1.82) is 0 Å². The molecule has 0 saturated heterocycles. The Labute approximate surface area is 358 Å². The average molecular weight is 833 g/mol. The fraction of sp³-hybridized carbons (Fsp3) is 0.760. The molecule has 6 aliphatic carbocycles. The number of carbonyl (C=O) groups excluding carboxylic acids is 3. The minimum absolute atomic E-state index is 0.00140. The number of nitrogens with zero attached hydrogens (tertiary/aromatic N) is 2. The van der Waals surface area contributed by atoms with Crippen LogP contribution in [0, 0.1) is 61.5 Å². The van der Waals surface area contributed by atoms with Gasteiger partial charge in [0, 0.05) is 50.4 Å². The first kappa shape index (κ1) is 44.9. The Bertz CT molecular complexity index is 1930. The number of esters is 2. The molecule has 9 nitrogen and oxygen atoms in total. The van der Waals surface area contributed by atoms with E-state index in [0.29, 0.717) is 25.4 Å². The van der Waals surface area contributed by atoms with E-state index in [1.54, 1.807) is 13.8 Å². The number of benzene rings is 1. The summed E-state index contributed by atoms with van der Waals surface area (Å²) in [5, 5.41) is 9.68. The normalized spacial score (nSPS) is 37.5. The number of likely N-dealkylation sites (N-methyl/N-ethyl adjacent to an activating group) is 1. The lowest BCUT2D eigenvalue weighted by molar-refractivity contribution is -0.221. The first-order chi connectivity index (χ1) is 27.9. The third-order valence-corrected chi connectivity index (χ3v) is 18.4. The van der Waals surface area contributed by atoms with Gasteiger partial charge in [0.25, 0.3) is 0 Å². The van der Waals surface area contributed by atoms with Crippen molar-refractivity contribution in [2.75, 3.05) is 33.7 Å². The van der Waals surface area contributed by atoms with Gasteiger partial charge in [0.1, 0.15) is 18.0 Å². The van der Waals surface area contributed by atoms with Crippen LogP contribution in [0.2, 0.25) is 0 Å². The Kier molecular flexibility index (Phi) is 11.5. The van der Waals surface area contributed by atoms with Gasteiger partial charge in [0.05, 0.1) is 11.8 Å². The predicted molar refractivity (Wildman–Crippen MR) is 229 cm³/mol. The second kappa shape index (κ2) is 15.3. The summed E-state index contributed by atoms with van der Waals surface area (Å²) >= 11 is 0. The summed E-state index contributed by atoms with van der Waals surface area (Å²) in [6, 6.07) is 6.64. The summed E-state index contributed by atoms with van der Waals surface area (Å²) in [6.07, 6.45) is 8.16. The molecule has 0 aromatic heterocycles. The number of hydrogen-bond acceptors (Lipinski definition) is 8. The molecule has 332 valence electrons. The number of Topliss-reactive ketones (excluding diaryl/α,β-unsaturated/α-hetero) is 1. The average Bonchev–Trinajstić information content (AvgIpc) is 3.68. The molecule has 0 heterocycles. The third-order valence-electron chi connectivity index (χ3n) is 18.4. The minimum Gasteiger partial charge on any atom is -0.481 e. The van der Waals surface area contributed by atoms with Crippen molar-refractivity contribution < 1.29 is 38.1 Å². The van der Waals surface area contributed by atoms with E-state index in [0.717, 1.165) is 82.0 Å². The van der Waals surface area contributed by atoms with Gasteiger partial charge in [-0.2, -0.15) is 0 Å². The molecule has 1 N–H and O–H groups in total. The van der Waals surface area contributed by atoms with Gasteiger partial charge in [-0.15, -0.1) is 0 Å². The highest BCUT2D eigenvalue weighted by Gasteiger charge is 2.82. The molecule has 10 atom stereocenters. The van der Waals surface area contributed by atoms with Gasteiger partial charge in [-0.3, -0.25) is 24.1 Å². The van der Waals surface area contributed by atoms with Gasteiger partial charge in [0.2, 0.25) is 0 Å². The molecular formula is C50H73FN2O7. The fourth-order valence-corrected chi connectivity index (χ4v) is 14.9. The number of ketones is 1. The van der Waals surface area contributed by atoms with Crippen LogP contribution in [0.1, 0.15) is 139 Å². The number of carboxylic acid groups (broad SMARTS) is 1. The maximum atomic E-state index is 14.6. The van der Waals surface area contributed by atoms with Gasteiger partial charge in [-0.05, 0) is 154 Å². The highest BCUT2D eigenvalue weighted by atomic mass is 19.1. The second-order valence-corrected chi connectivity index (χ2v) is 22.5. The molecule has 60 heavy (non-hydrogen) atoms. The number of aliphatic carboxylic acids is 1. The van der Waals surface area contributed by atoms with Crippen LogP contribution in [-0.2, 0) is 35.2 Å². The Hall–Kier alpha value is -3.11. The van der Waals surface area contributed by atoms with Crippen LogP contribution in [0.25, 0.3) is 0 Å². The summed E-state index contributed by atoms with van der Waals surface area (Å²) in [4.78, 5) is 57.2. The van der Waals surface area contributed by atoms with Crippen molar-refractivity contribution in [3.05, 3.63) is 46.8 Å². The molecule has 0 radical (unpaired) electrons. The summed E-state index contributed by atoms with van der Waals surface area (Å²) < 4.78 is 26.7. The zero-order valence-electron chi connectivity index (χ0n) is 38.5. The van der Waals surface area contributed by atoms with E-state index in [1.807, 2.05) is 26.2 Å². The van der Waals surface area contributed by atoms with E-state index in [4.69, 9.17) is 9.47 Å². The molecule has 6 aliphatic rings. The predicted octanol–water partition coefficient (Wildman–Crippen LogP) is 9.27. The van der Waals surface area contributed by atoms with Crippen LogP contribution in [0.5, 0.6) is 0 Å². The number of hydrogen-bond donors (Lipinski definition) is 1. The SMILES string of the molecule is CC(=O)O[C@H](CN(CCN(C)C)Cc1ccc(F)cc1)C12CC[C@]3(C)[C@H](CC[C@@H]4[C@@]5(C)CC[C@H](OC(=O)CC(C)(C)C(=O)O)C6(C)C[C@]65CC[C@]43C)C1=C(C(C)C)C(=O)C2. The molecule has 5 fully saturated rings. The van der Waals surface area contributed by atoms with Gasteiger partial charge in [0.15, 0.2) is 5.78 Å². The van der Waals surface area contributed by atoms with Crippen molar-refractivity contribution in [3.63, 3.8) is 0 Å². The van der Waals surface area contributed by atoms with E-state index in [2.05, 4.69) is 51.3 Å². The molecule has 0 bridgehead atoms. The molecule has 1 spiro atoms. The Morgan fingerprint density at radius 2 is 1.57 bits per heavy atom. The van der Waals surface area contributed by atoms with Crippen molar-refractivity contribution in [1.82, 2.24) is 9.80 Å². The van der Waals surface area contributed by atoms with Crippen LogP contribution in [-0.4, -0.2) is 84.5 Å². The quantitative estimate of drug-likeness (QED) is 0.183. The summed E-state index contributed by atoms with van der Waals surface area (Å²) in [6.45, 7) is 21.5. The van der Waals surface area contributed by atoms with Crippen LogP contribution < -0.4 is 0 Å². The van der Waals surface area contributed by atoms with Crippen molar-refractivity contribution in [2.24, 2.45) is 55.7 Å². The van der Waals surface area contributed by atoms with Crippen LogP contribution in [0.4, 0.5) is 4.39 Å². The summed E-state index contributed by atoms with van der Waals surface area (Å²) in [5.41, 5.74) is 1.34. The van der Waals surface area contributed by atoms with E-state index in [9.17, 15) is 28.7 Å². The first-order valence-corrected chi connectivity index (χ1v) is 22.9. The lowest BCUT2D eigenvalue weighted by Crippen LogP contribution is -2.65. The zero-order valence-corrected chi connectivity index (χ0v) is 38.5. The van der Waals surface area contributed by atoms with E-state index in [-0.39, 0.29) is 69.0 Å². The van der Waals surface area contributed by atoms with E-state index >= 15 is 0 Å². The van der Waals surface area contributed by atoms with Crippen molar-refractivity contribution >= 4 is 23.7 Å². The highest BCUT2D eigenvalue weighted by Crippen LogP contribution is 2.87. The van der Waals surface area contributed by atoms with E-state index < -0.39 is 28.9 Å². The Morgan fingerprint density at radius 3 is 2.18 bits per heavy atom. The number of halogens is 1. The number of allylic oxidation sites excluding steroid dienone is 1. The van der Waals surface area contributed by atoms with Gasteiger partial charge >= 0.3 is 17.9 Å². The molecule has 0 aliphatic heterocycles. The number of ether oxygens (including phenoxy) is 2. The number of fused-ring (bicyclic) bond motifs is 6. The Morgan fingerprint density at radius 1 is 0.900 bits per heavy atom. The molecule has 10 heteroatoms. The maximum Gasteiger partial charge on any atom is 0.309 e. The second-order valence-electron chi connectivity index (χ2n) is 22.5. The molecular weight excluding hydrogens is 760 g/mol. The standard InChI is InChI=1S/C50H73FN2O7/c1-31(2)41-36(55)26-49(39(59-32(3)54)29-53(25-24-52(10)11)28-33-12-14-34(51)15-13-33)22-20-45(6)35(42(41)49)16-17-37-46(45,7)21-23-50-30-48(50,9)38(18-19-47(37,50)8)60-40(56)27-44(4,5)43(57)58/h12-15,31,35,37-39H,16-30H2,1-11H3,(H,57,58)/t35-,37+,38+,39-,45-,46-,47-,48?,49?,50+/m1/s1. The maximum absolute atomic E-state index is 14.6. The molecule has 1 aromatic carbocycles. The first-order valence-electron chi connectivity index (χ1n) is 22.9. The monoisotopic (exact) mass is 833 g/mol. The van der Waals surface area contributed by atoms with E-state index in [1.165, 1.54) is 24.6 Å². The largest absolute Gasteiger partial charge is 0.481 e. The molecule has 0 amide bonds. The molecule has 5 saturated carbocycles.